The van der Waals surface area contributed by atoms with E-state index in [1.54, 1.807) is 12.1 Å². The Balaban J connectivity index is 2.26. The third kappa shape index (κ3) is 3.55. The minimum atomic E-state index is -0.298. The molecule has 0 amide bonds. The molecule has 0 aliphatic heterocycles. The van der Waals surface area contributed by atoms with Crippen molar-refractivity contribution in [2.45, 2.75) is 13.5 Å². The molecule has 0 aliphatic rings. The van der Waals surface area contributed by atoms with E-state index >= 15 is 0 Å². The second kappa shape index (κ2) is 6.17. The van der Waals surface area contributed by atoms with Crippen molar-refractivity contribution in [1.82, 2.24) is 5.32 Å². The number of benzene rings is 2. The molecule has 19 heavy (non-hydrogen) atoms. The van der Waals surface area contributed by atoms with E-state index in [0.717, 1.165) is 23.4 Å². The molecule has 0 aromatic heterocycles. The van der Waals surface area contributed by atoms with E-state index in [1.165, 1.54) is 6.07 Å². The van der Waals surface area contributed by atoms with Crippen LogP contribution < -0.4 is 10.1 Å². The van der Waals surface area contributed by atoms with Gasteiger partial charge in [-0.05, 0) is 65.3 Å². The number of nitrogens with one attached hydrogen (secondary N) is 1. The standard InChI is InChI=1S/C15H15BrFNO/c1-10-3-4-11(9-18-2)7-15(10)19-12-5-6-14(17)13(16)8-12/h3-8,18H,9H2,1-2H3. The van der Waals surface area contributed by atoms with Crippen LogP contribution in [0.5, 0.6) is 11.5 Å². The quantitative estimate of drug-likeness (QED) is 0.899. The Morgan fingerprint density at radius 3 is 2.68 bits per heavy atom. The lowest BCUT2D eigenvalue weighted by Crippen LogP contribution is -2.05. The van der Waals surface area contributed by atoms with Gasteiger partial charge in [-0.1, -0.05) is 12.1 Å². The van der Waals surface area contributed by atoms with E-state index in [2.05, 4.69) is 27.3 Å². The molecular formula is C15H15BrFNO. The Labute approximate surface area is 120 Å². The first-order valence-electron chi connectivity index (χ1n) is 5.97. The van der Waals surface area contributed by atoms with Gasteiger partial charge in [0.25, 0.3) is 0 Å². The minimum absolute atomic E-state index is 0.298. The highest BCUT2D eigenvalue weighted by Gasteiger charge is 2.06. The molecule has 0 fully saturated rings. The summed E-state index contributed by atoms with van der Waals surface area (Å²) in [5, 5.41) is 3.10. The molecule has 0 unspecified atom stereocenters. The first-order chi connectivity index (χ1) is 9.10. The number of hydrogen-bond acceptors (Lipinski definition) is 2. The van der Waals surface area contributed by atoms with Gasteiger partial charge >= 0.3 is 0 Å². The Hall–Kier alpha value is -1.39. The van der Waals surface area contributed by atoms with Crippen molar-refractivity contribution < 1.29 is 9.13 Å². The topological polar surface area (TPSA) is 21.3 Å². The second-order valence-corrected chi connectivity index (χ2v) is 5.16. The van der Waals surface area contributed by atoms with E-state index in [-0.39, 0.29) is 5.82 Å². The van der Waals surface area contributed by atoms with Gasteiger partial charge < -0.3 is 10.1 Å². The van der Waals surface area contributed by atoms with E-state index in [1.807, 2.05) is 26.1 Å². The lowest BCUT2D eigenvalue weighted by atomic mass is 10.1. The van der Waals surface area contributed by atoms with Gasteiger partial charge in [-0.3, -0.25) is 0 Å². The molecule has 0 heterocycles. The molecule has 0 saturated carbocycles. The Morgan fingerprint density at radius 2 is 2.00 bits per heavy atom. The van der Waals surface area contributed by atoms with Crippen LogP contribution in [0.15, 0.2) is 40.9 Å². The van der Waals surface area contributed by atoms with E-state index in [4.69, 9.17) is 4.74 Å². The number of hydrogen-bond donors (Lipinski definition) is 1. The third-order valence-electron chi connectivity index (χ3n) is 2.75. The third-order valence-corrected chi connectivity index (χ3v) is 3.36. The van der Waals surface area contributed by atoms with Crippen molar-refractivity contribution in [2.75, 3.05) is 7.05 Å². The lowest BCUT2D eigenvalue weighted by Gasteiger charge is -2.11. The molecule has 2 aromatic carbocycles. The summed E-state index contributed by atoms with van der Waals surface area (Å²) < 4.78 is 19.4. The number of ether oxygens (including phenoxy) is 1. The van der Waals surface area contributed by atoms with Gasteiger partial charge in [0, 0.05) is 6.54 Å². The summed E-state index contributed by atoms with van der Waals surface area (Å²) in [4.78, 5) is 0. The molecule has 0 atom stereocenters. The van der Waals surface area contributed by atoms with E-state index < -0.39 is 0 Å². The molecule has 2 aromatic rings. The van der Waals surface area contributed by atoms with Crippen molar-refractivity contribution in [3.63, 3.8) is 0 Å². The number of rotatable bonds is 4. The van der Waals surface area contributed by atoms with Gasteiger partial charge in [-0.25, -0.2) is 4.39 Å². The van der Waals surface area contributed by atoms with Gasteiger partial charge in [-0.15, -0.1) is 0 Å². The van der Waals surface area contributed by atoms with Crippen LogP contribution in [0.2, 0.25) is 0 Å². The van der Waals surface area contributed by atoms with E-state index in [0.29, 0.717) is 10.2 Å². The van der Waals surface area contributed by atoms with Crippen LogP contribution in [0.1, 0.15) is 11.1 Å². The summed E-state index contributed by atoms with van der Waals surface area (Å²) in [6.45, 7) is 2.76. The second-order valence-electron chi connectivity index (χ2n) is 4.31. The smallest absolute Gasteiger partial charge is 0.137 e. The van der Waals surface area contributed by atoms with Crippen LogP contribution in [0.25, 0.3) is 0 Å². The van der Waals surface area contributed by atoms with Gasteiger partial charge in [-0.2, -0.15) is 0 Å². The fraction of sp³-hybridized carbons (Fsp3) is 0.200. The molecule has 0 radical (unpaired) electrons. The first kappa shape index (κ1) is 14.0. The zero-order chi connectivity index (χ0) is 13.8. The zero-order valence-corrected chi connectivity index (χ0v) is 12.4. The Bertz CT molecular complexity index is 586. The van der Waals surface area contributed by atoms with Gasteiger partial charge in [0.2, 0.25) is 0 Å². The SMILES string of the molecule is CNCc1ccc(C)c(Oc2ccc(F)c(Br)c2)c1. The molecule has 4 heteroatoms. The number of aryl methyl sites for hydroxylation is 1. The molecule has 2 nitrogen and oxygen atoms in total. The predicted molar refractivity (Wildman–Crippen MR) is 78.1 cm³/mol. The maximum absolute atomic E-state index is 13.2. The highest BCUT2D eigenvalue weighted by atomic mass is 79.9. The number of halogens is 2. The average molecular weight is 324 g/mol. The molecule has 0 spiro atoms. The fourth-order valence-electron chi connectivity index (χ4n) is 1.74. The summed E-state index contributed by atoms with van der Waals surface area (Å²) in [5.74, 6) is 1.09. The minimum Gasteiger partial charge on any atom is -0.457 e. The molecule has 100 valence electrons. The molecule has 0 saturated heterocycles. The van der Waals surface area contributed by atoms with Crippen LogP contribution in [-0.4, -0.2) is 7.05 Å². The Morgan fingerprint density at radius 1 is 1.21 bits per heavy atom. The summed E-state index contributed by atoms with van der Waals surface area (Å²) in [5.41, 5.74) is 2.18. The molecule has 2 rings (SSSR count). The predicted octanol–water partition coefficient (Wildman–Crippen LogP) is 4.41. The van der Waals surface area contributed by atoms with Gasteiger partial charge in [0.15, 0.2) is 0 Å². The average Bonchev–Trinajstić information content (AvgIpc) is 2.38. The highest BCUT2D eigenvalue weighted by molar-refractivity contribution is 9.10. The van der Waals surface area contributed by atoms with Crippen molar-refractivity contribution in [2.24, 2.45) is 0 Å². The van der Waals surface area contributed by atoms with Crippen molar-refractivity contribution in [3.8, 4) is 11.5 Å². The zero-order valence-electron chi connectivity index (χ0n) is 10.8. The van der Waals surface area contributed by atoms with Crippen molar-refractivity contribution >= 4 is 15.9 Å². The summed E-state index contributed by atoms with van der Waals surface area (Å²) in [7, 11) is 1.90. The molecule has 0 aliphatic carbocycles. The van der Waals surface area contributed by atoms with E-state index in [9.17, 15) is 4.39 Å². The monoisotopic (exact) mass is 323 g/mol. The molecule has 1 N–H and O–H groups in total. The lowest BCUT2D eigenvalue weighted by molar-refractivity contribution is 0.475. The van der Waals surface area contributed by atoms with Crippen molar-refractivity contribution in [3.05, 3.63) is 57.8 Å². The van der Waals surface area contributed by atoms with Crippen LogP contribution in [-0.2, 0) is 6.54 Å². The normalized spacial score (nSPS) is 10.5. The maximum atomic E-state index is 13.2. The summed E-state index contributed by atoms with van der Waals surface area (Å²) >= 11 is 3.15. The van der Waals surface area contributed by atoms with Crippen LogP contribution in [0.4, 0.5) is 4.39 Å². The fourth-order valence-corrected chi connectivity index (χ4v) is 2.09. The van der Waals surface area contributed by atoms with Crippen LogP contribution in [0, 0.1) is 12.7 Å². The first-order valence-corrected chi connectivity index (χ1v) is 6.76. The molecule has 0 bridgehead atoms. The van der Waals surface area contributed by atoms with Gasteiger partial charge in [0.05, 0.1) is 4.47 Å². The van der Waals surface area contributed by atoms with Gasteiger partial charge in [0.1, 0.15) is 17.3 Å². The largest absolute Gasteiger partial charge is 0.457 e. The highest BCUT2D eigenvalue weighted by Crippen LogP contribution is 2.29. The van der Waals surface area contributed by atoms with Crippen LogP contribution >= 0.6 is 15.9 Å². The summed E-state index contributed by atoms with van der Waals surface area (Å²) in [6.07, 6.45) is 0. The van der Waals surface area contributed by atoms with Crippen LogP contribution in [0.3, 0.4) is 0 Å². The maximum Gasteiger partial charge on any atom is 0.137 e. The molecular weight excluding hydrogens is 309 g/mol. The Kier molecular flexibility index (Phi) is 4.56. The summed E-state index contributed by atoms with van der Waals surface area (Å²) in [6, 6.07) is 10.7. The van der Waals surface area contributed by atoms with Crippen molar-refractivity contribution in [1.29, 1.82) is 0 Å².